The Morgan fingerprint density at radius 1 is 0.584 bits per heavy atom. The Balaban J connectivity index is -0.000000639. The van der Waals surface area contributed by atoms with Gasteiger partial charge < -0.3 is 69.7 Å². The number of aliphatic hydroxyl groups is 1. The molecule has 0 aliphatic carbocycles. The Hall–Kier alpha value is -7.15. The quantitative estimate of drug-likeness (QED) is 0.0101. The fourth-order valence-electron chi connectivity index (χ4n) is 7.87. The first-order chi connectivity index (χ1) is 51.2. The average Bonchev–Trinajstić information content (AvgIpc) is 1.33. The number of carbonyl (C=O) groups excluding carboxylic acids is 5. The normalized spacial score (nSPS) is 10.4. The Labute approximate surface area is 718 Å². The van der Waals surface area contributed by atoms with Crippen molar-refractivity contribution in [2.75, 3.05) is 122 Å². The van der Waals surface area contributed by atoms with Gasteiger partial charge >= 0.3 is 83.2 Å². The summed E-state index contributed by atoms with van der Waals surface area (Å²) >= 11 is 6.75. The van der Waals surface area contributed by atoms with Gasteiger partial charge in [0.1, 0.15) is 12.4 Å². The molecule has 8 rings (SSSR count). The van der Waals surface area contributed by atoms with Crippen LogP contribution in [0.1, 0.15) is 125 Å². The first-order valence-electron chi connectivity index (χ1n) is 32.6. The van der Waals surface area contributed by atoms with Gasteiger partial charge in [-0.1, -0.05) is 27.2 Å². The molecule has 8 aromatic rings. The summed E-state index contributed by atoms with van der Waals surface area (Å²) in [5.74, 6) is -2.69. The van der Waals surface area contributed by atoms with Crippen molar-refractivity contribution in [3.8, 4) is 17.0 Å². The predicted molar refractivity (Wildman–Crippen MR) is 419 cm³/mol. The van der Waals surface area contributed by atoms with E-state index in [1.165, 1.54) is 81.7 Å². The number of alkyl halides is 4. The van der Waals surface area contributed by atoms with Crippen molar-refractivity contribution in [2.24, 2.45) is 0 Å². The van der Waals surface area contributed by atoms with E-state index in [-0.39, 0.29) is 121 Å². The summed E-state index contributed by atoms with van der Waals surface area (Å²) in [5.41, 5.74) is 7.54. The number of methoxy groups -OCH3 is 3. The first kappa shape index (κ1) is 112. The van der Waals surface area contributed by atoms with Crippen molar-refractivity contribution in [3.05, 3.63) is 201 Å². The molecule has 0 aliphatic rings. The van der Waals surface area contributed by atoms with Gasteiger partial charge in [0.25, 0.3) is 10.1 Å². The minimum atomic E-state index is -4.51. The molecule has 0 spiro atoms. The molecule has 40 heteroatoms. The van der Waals surface area contributed by atoms with Crippen LogP contribution in [0, 0.1) is 0 Å². The number of ketones is 1. The van der Waals surface area contributed by atoms with E-state index in [4.69, 9.17) is 21.4 Å². The van der Waals surface area contributed by atoms with Gasteiger partial charge in [0.05, 0.1) is 121 Å². The van der Waals surface area contributed by atoms with Gasteiger partial charge in [-0.05, 0) is 168 Å². The van der Waals surface area contributed by atoms with E-state index in [1.54, 1.807) is 48.8 Å². The number of Topliss-reactive ketones (excluding diaryl/α,β-unsaturated/α-hetero) is 1. The number of carboxylic acids is 1. The van der Waals surface area contributed by atoms with Crippen LogP contribution in [-0.2, 0) is 83.1 Å². The van der Waals surface area contributed by atoms with Crippen LogP contribution in [0.2, 0.25) is 0 Å². The number of thiazole rings is 1. The van der Waals surface area contributed by atoms with E-state index >= 15 is 0 Å². The second-order valence-corrected chi connectivity index (χ2v) is 29.5. The molecule has 4 N–H and O–H groups in total. The zero-order valence-corrected chi connectivity index (χ0v) is 74.0. The smallest absolute Gasteiger partial charge is 0.870 e. The predicted octanol–water partition coefficient (Wildman–Crippen LogP) is 3.79. The molecular formula is C73H100Cl2F3N13Na2O17S3. The van der Waals surface area contributed by atoms with Gasteiger partial charge in [-0.15, -0.1) is 22.9 Å². The molecule has 0 bridgehead atoms. The summed E-state index contributed by atoms with van der Waals surface area (Å²) in [6, 6.07) is 24.3. The van der Waals surface area contributed by atoms with Crippen molar-refractivity contribution in [1.29, 1.82) is 0 Å². The van der Waals surface area contributed by atoms with Gasteiger partial charge in [-0.25, -0.2) is 27.8 Å². The molecule has 0 aliphatic heterocycles. The van der Waals surface area contributed by atoms with Crippen LogP contribution < -0.4 is 79.6 Å². The van der Waals surface area contributed by atoms with E-state index in [1.807, 2.05) is 127 Å². The van der Waals surface area contributed by atoms with Gasteiger partial charge in [-0.3, -0.25) is 38.9 Å². The second kappa shape index (κ2) is 60.4. The zero-order valence-electron chi connectivity index (χ0n) is 66.0. The second-order valence-electron chi connectivity index (χ2n) is 23.7. The molecule has 7 aromatic heterocycles. The Bertz CT molecular complexity index is 4160. The maximum absolute atomic E-state index is 13.5. The minimum absolute atomic E-state index is 0. The maximum atomic E-state index is 13.5. The molecule has 7 heterocycles. The monoisotopic (exact) mass is 1700 g/mol. The molecular weight excluding hydrogens is 1600 g/mol. The third-order valence-corrected chi connectivity index (χ3v) is 14.3. The summed E-state index contributed by atoms with van der Waals surface area (Å²) in [6.07, 6.45) is 8.83. The van der Waals surface area contributed by atoms with Gasteiger partial charge in [-0.2, -0.15) is 21.6 Å². The molecule has 0 unspecified atom stereocenters. The van der Waals surface area contributed by atoms with E-state index in [0.29, 0.717) is 56.7 Å². The summed E-state index contributed by atoms with van der Waals surface area (Å²) in [5, 5.41) is 27.1. The topological polar surface area (TPSA) is 400 Å². The van der Waals surface area contributed by atoms with Crippen molar-refractivity contribution < 1.29 is 152 Å². The number of benzene rings is 1. The molecule has 0 amide bonds. The SMILES string of the molecule is C.CCCCCOc1ccc(Nc2nc(-c3ccc(CN(C)C)nc3)cs2)cc1C(F)(F)F.CN(C)Cc1ccc(C(=O)CCl)cn1.CN(C)Cc1ccc(C(=O)[O-])cn1.CNC.COC(=O)c1ccc(CN(C)C)nc1.COC(=O)c1ccc(CO)nc1.COC(=O)c1ccc(COS(C)(=O)=O)nc1.CS(=O)(=O)Cl.[Na+].[Na+].[OH-]. The molecule has 614 valence electrons. The van der Waals surface area contributed by atoms with Crippen LogP contribution >= 0.6 is 33.6 Å². The Kier molecular flexibility index (Phi) is 59.9. The van der Waals surface area contributed by atoms with Crippen LogP contribution in [0.3, 0.4) is 0 Å². The van der Waals surface area contributed by atoms with Crippen molar-refractivity contribution >= 4 is 93.3 Å². The summed E-state index contributed by atoms with van der Waals surface area (Å²) in [7, 11) is 21.2. The number of aliphatic hydroxyl groups excluding tert-OH is 1. The minimum Gasteiger partial charge on any atom is -0.870 e. The standard InChI is InChI=1S/C23H27F3N4OS.C10H13ClN2O.C10H14N2O2.C9H12N2O2.C9H11NO5S.C8H9NO3.C2H7N.CH3ClO2S.CH4.2Na.H2O/c1-4-5-6-11-31-21-10-9-17(12-19(21)23(24,25)26)28-22-29-20(15-32-22)16-7-8-18(27-13-16)14-30(2)3;1-13(2)7-9-4-3-8(6-12-9)10(14)5-11;1-12(2)7-9-5-4-8(6-11-9)10(13)14-3;1-11(2)6-8-4-3-7(5-10-8)9(12)13;1-14-9(11)7-3-4-8(10-5-7)6-15-16(2,12)13;1-12-8(11)6-2-3-7(5-10)9-4-6;1-3-2;1-5(2,3)4;;;;/h7-10,12-13,15H,4-6,11,14H2,1-3H3,(H,28,29);3-4,6H,5,7H2,1-2H3;4-6H,7H2,1-3H3;3-5H,6H2,1-2H3,(H,12,13);3-5H,6H2,1-2H3;2-4,10H,5H2,1H3;3H,1-2H3;1H3;1H4;;;1H2/q;;;;;;;;;2*+1;/p-2. The summed E-state index contributed by atoms with van der Waals surface area (Å²) < 4.78 is 104. The molecule has 0 fully saturated rings. The van der Waals surface area contributed by atoms with Gasteiger partial charge in [0.15, 0.2) is 10.9 Å². The van der Waals surface area contributed by atoms with E-state index in [0.717, 1.165) is 85.8 Å². The first-order valence-corrected chi connectivity index (χ1v) is 38.5. The molecule has 113 heavy (non-hydrogen) atoms. The Morgan fingerprint density at radius 2 is 0.956 bits per heavy atom. The number of carbonyl (C=O) groups is 5. The van der Waals surface area contributed by atoms with Gasteiger partial charge in [0, 0.05) is 102 Å². The number of hydrogen-bond donors (Lipinski definition) is 3. The number of esters is 3. The fraction of sp³-hybridized carbons (Fsp3) is 0.397. The molecule has 1 aromatic carbocycles. The maximum Gasteiger partial charge on any atom is 1.00 e. The Morgan fingerprint density at radius 3 is 1.27 bits per heavy atom. The molecule has 0 radical (unpaired) electrons. The fourth-order valence-corrected chi connectivity index (χ4v) is 9.10. The third-order valence-electron chi connectivity index (χ3n) is 12.7. The number of aromatic carboxylic acids is 1. The van der Waals surface area contributed by atoms with Crippen molar-refractivity contribution in [2.45, 2.75) is 79.2 Å². The molecule has 30 nitrogen and oxygen atoms in total. The van der Waals surface area contributed by atoms with E-state index in [2.05, 4.69) is 74.6 Å². The van der Waals surface area contributed by atoms with Crippen LogP contribution in [-0.4, -0.2) is 228 Å². The number of aromatic nitrogens is 7. The number of unbranched alkanes of at least 4 members (excludes halogenated alkanes) is 2. The molecule has 0 saturated carbocycles. The molecule has 0 atom stereocenters. The van der Waals surface area contributed by atoms with Crippen LogP contribution in [0.4, 0.5) is 24.0 Å². The summed E-state index contributed by atoms with van der Waals surface area (Å²) in [6.45, 7) is 5.00. The number of halogens is 5. The van der Waals surface area contributed by atoms with Crippen LogP contribution in [0.5, 0.6) is 5.75 Å². The summed E-state index contributed by atoms with van der Waals surface area (Å²) in [4.78, 5) is 91.5. The average molecular weight is 1700 g/mol. The van der Waals surface area contributed by atoms with Crippen LogP contribution in [0.25, 0.3) is 11.3 Å². The van der Waals surface area contributed by atoms with Crippen molar-refractivity contribution in [1.82, 2.24) is 59.8 Å². The molecule has 0 saturated heterocycles. The van der Waals surface area contributed by atoms with Crippen molar-refractivity contribution in [3.63, 3.8) is 0 Å². The number of ether oxygens (including phenoxy) is 4. The largest absolute Gasteiger partial charge is 1.00 e. The number of nitrogens with zero attached hydrogens (tertiary/aromatic N) is 11. The van der Waals surface area contributed by atoms with E-state index < -0.39 is 48.8 Å². The van der Waals surface area contributed by atoms with Gasteiger partial charge in [0.2, 0.25) is 9.05 Å². The van der Waals surface area contributed by atoms with Crippen LogP contribution in [0.15, 0.2) is 134 Å². The van der Waals surface area contributed by atoms with E-state index in [9.17, 15) is 59.1 Å². The third kappa shape index (κ3) is 51.4. The number of pyridine rings is 6. The number of anilines is 2. The zero-order chi connectivity index (χ0) is 82.5. The number of rotatable bonds is 26. The number of hydrogen-bond acceptors (Lipinski definition) is 31. The number of nitrogens with one attached hydrogen (secondary N) is 2. The number of carboxylic acid groups (broad SMARTS) is 1.